The molecule has 218 valence electrons. The zero-order chi connectivity index (χ0) is 30.3. The van der Waals surface area contributed by atoms with Crippen molar-refractivity contribution in [1.82, 2.24) is 24.3 Å². The van der Waals surface area contributed by atoms with Crippen molar-refractivity contribution in [3.63, 3.8) is 0 Å². The lowest BCUT2D eigenvalue weighted by Gasteiger charge is -2.32. The van der Waals surface area contributed by atoms with Crippen LogP contribution in [0.5, 0.6) is 0 Å². The summed E-state index contributed by atoms with van der Waals surface area (Å²) in [5.41, 5.74) is -0.0793. The van der Waals surface area contributed by atoms with E-state index in [2.05, 4.69) is 15.1 Å². The van der Waals surface area contributed by atoms with Crippen LogP contribution in [0.2, 0.25) is 10.8 Å². The second-order valence-corrected chi connectivity index (χ2v) is 12.5. The highest BCUT2D eigenvalue weighted by Gasteiger charge is 2.60. The fourth-order valence-electron chi connectivity index (χ4n) is 5.67. The Morgan fingerprint density at radius 1 is 1.05 bits per heavy atom. The van der Waals surface area contributed by atoms with Crippen molar-refractivity contribution in [2.24, 2.45) is 7.05 Å². The summed E-state index contributed by atoms with van der Waals surface area (Å²) < 4.78 is 47.2. The Morgan fingerprint density at radius 2 is 1.71 bits per heavy atom. The molecule has 4 aromatic rings. The molecule has 1 aromatic carbocycles. The minimum Gasteiger partial charge on any atom is -0.403 e. The van der Waals surface area contributed by atoms with Crippen molar-refractivity contribution < 1.29 is 18.1 Å². The third-order valence-electron chi connectivity index (χ3n) is 8.83. The quantitative estimate of drug-likeness (QED) is 0.257. The average molecular weight is 594 g/mol. The molecule has 12 heteroatoms. The second-order valence-electron chi connectivity index (χ2n) is 12.2. The summed E-state index contributed by atoms with van der Waals surface area (Å²) in [6.07, 6.45) is 3.49. The molecule has 0 amide bonds. The van der Waals surface area contributed by atoms with Gasteiger partial charge in [0.15, 0.2) is 11.6 Å². The number of hydrogen-bond acceptors (Lipinski definition) is 6. The van der Waals surface area contributed by atoms with Crippen molar-refractivity contribution in [3.05, 3.63) is 80.6 Å². The van der Waals surface area contributed by atoms with E-state index < -0.39 is 35.5 Å². The van der Waals surface area contributed by atoms with Crippen molar-refractivity contribution in [1.29, 1.82) is 0 Å². The number of aromatic nitrogens is 5. The minimum atomic E-state index is -0.834. The Kier molecular flexibility index (Phi) is 6.71. The first kappa shape index (κ1) is 28.7. The number of aryl methyl sites for hydroxylation is 3. The summed E-state index contributed by atoms with van der Waals surface area (Å²) in [6.45, 7) is 11.4. The van der Waals surface area contributed by atoms with Crippen molar-refractivity contribution in [2.75, 3.05) is 0 Å². The third kappa shape index (κ3) is 4.40. The molecular weight excluding hydrogens is 563 g/mol. The number of hydrogen-bond donors (Lipinski definition) is 0. The standard InChI is InChI=1S/C30H31BClF2N5O3/c1-15-13-35-25(17-9-8-10-18(23(17)33)27-36-14-37-38(27)7)24(34)26(15)39-16(2)11-20(22(32)28(39)40)19-12-21(19)31-41-29(3,4)30(5,6)42-31/h8-11,13-14,19,21H,12H2,1-7H3/t19-,21+/m1/s1. The monoisotopic (exact) mass is 593 g/mol. The highest BCUT2D eigenvalue weighted by Crippen LogP contribution is 2.59. The van der Waals surface area contributed by atoms with Gasteiger partial charge in [0.1, 0.15) is 22.9 Å². The maximum atomic E-state index is 16.3. The molecule has 0 spiro atoms. The Bertz CT molecular complexity index is 1790. The molecule has 1 aliphatic carbocycles. The van der Waals surface area contributed by atoms with Crippen LogP contribution < -0.4 is 5.56 Å². The summed E-state index contributed by atoms with van der Waals surface area (Å²) >= 11 is 6.69. The van der Waals surface area contributed by atoms with E-state index in [-0.39, 0.29) is 45.1 Å². The van der Waals surface area contributed by atoms with Crippen LogP contribution in [0.3, 0.4) is 0 Å². The van der Waals surface area contributed by atoms with Gasteiger partial charge in [-0.25, -0.2) is 18.4 Å². The summed E-state index contributed by atoms with van der Waals surface area (Å²) in [7, 11) is 1.23. The molecule has 2 fully saturated rings. The first-order chi connectivity index (χ1) is 19.7. The highest BCUT2D eigenvalue weighted by molar-refractivity contribution is 6.49. The fraction of sp³-hybridized carbons (Fsp3) is 0.400. The van der Waals surface area contributed by atoms with Crippen molar-refractivity contribution in [2.45, 2.75) is 70.9 Å². The lowest BCUT2D eigenvalue weighted by molar-refractivity contribution is 0.00578. The largest absolute Gasteiger partial charge is 0.461 e. The number of pyridine rings is 2. The number of benzene rings is 1. The Morgan fingerprint density at radius 3 is 2.36 bits per heavy atom. The maximum absolute atomic E-state index is 16.3. The SMILES string of the molecule is Cc1cnc(-c2cccc(-c3ncnn3C)c2F)c(F)c1-n1c(C)cc([C@H]2C[C@@H]2B2OC(C)(C)C(C)(C)O2)c(Cl)c1=O. The van der Waals surface area contributed by atoms with Gasteiger partial charge in [0.05, 0.1) is 22.5 Å². The first-order valence-corrected chi connectivity index (χ1v) is 14.2. The topological polar surface area (TPSA) is 84.1 Å². The maximum Gasteiger partial charge on any atom is 0.461 e. The van der Waals surface area contributed by atoms with E-state index in [1.54, 1.807) is 27.0 Å². The van der Waals surface area contributed by atoms with E-state index in [9.17, 15) is 4.79 Å². The van der Waals surface area contributed by atoms with Gasteiger partial charge in [-0.1, -0.05) is 17.7 Å². The molecule has 1 aliphatic heterocycles. The molecule has 0 N–H and O–H groups in total. The normalized spacial score (nSPS) is 20.8. The predicted molar refractivity (Wildman–Crippen MR) is 157 cm³/mol. The van der Waals surface area contributed by atoms with E-state index in [1.807, 2.05) is 33.8 Å². The van der Waals surface area contributed by atoms with Gasteiger partial charge < -0.3 is 9.31 Å². The van der Waals surface area contributed by atoms with Crippen LogP contribution in [-0.2, 0) is 16.4 Å². The zero-order valence-corrected chi connectivity index (χ0v) is 25.3. The lowest BCUT2D eigenvalue weighted by atomic mass is 9.79. The summed E-state index contributed by atoms with van der Waals surface area (Å²) in [5, 5.41) is 4.01. The summed E-state index contributed by atoms with van der Waals surface area (Å²) in [4.78, 5) is 22.1. The summed E-state index contributed by atoms with van der Waals surface area (Å²) in [6, 6.07) is 6.39. The number of rotatable bonds is 5. The van der Waals surface area contributed by atoms with Crippen LogP contribution in [0.1, 0.15) is 56.9 Å². The molecule has 0 radical (unpaired) electrons. The summed E-state index contributed by atoms with van der Waals surface area (Å²) in [5.74, 6) is -1.22. The average Bonchev–Trinajstić information content (AvgIpc) is 3.54. The first-order valence-electron chi connectivity index (χ1n) is 13.8. The molecular formula is C30H31BClF2N5O3. The highest BCUT2D eigenvalue weighted by atomic mass is 35.5. The van der Waals surface area contributed by atoms with E-state index >= 15 is 8.78 Å². The van der Waals surface area contributed by atoms with Crippen LogP contribution in [0.25, 0.3) is 28.3 Å². The fourth-order valence-corrected chi connectivity index (χ4v) is 5.95. The minimum absolute atomic E-state index is 0.0113. The molecule has 4 heterocycles. The second kappa shape index (κ2) is 9.82. The third-order valence-corrected chi connectivity index (χ3v) is 9.21. The Hall–Kier alpha value is -3.41. The molecule has 3 aromatic heterocycles. The van der Waals surface area contributed by atoms with Crippen LogP contribution in [-0.4, -0.2) is 42.6 Å². The van der Waals surface area contributed by atoms with Gasteiger partial charge in [-0.05, 0) is 83.2 Å². The van der Waals surface area contributed by atoms with Gasteiger partial charge in [0.25, 0.3) is 5.56 Å². The van der Waals surface area contributed by atoms with Gasteiger partial charge in [-0.15, -0.1) is 0 Å². The Balaban J connectivity index is 1.39. The van der Waals surface area contributed by atoms with Crippen LogP contribution in [0.4, 0.5) is 8.78 Å². The molecule has 1 saturated heterocycles. The smallest absolute Gasteiger partial charge is 0.403 e. The lowest BCUT2D eigenvalue weighted by Crippen LogP contribution is -2.41. The van der Waals surface area contributed by atoms with Crippen LogP contribution >= 0.6 is 11.6 Å². The zero-order valence-electron chi connectivity index (χ0n) is 24.5. The molecule has 0 bridgehead atoms. The predicted octanol–water partition coefficient (Wildman–Crippen LogP) is 6.19. The van der Waals surface area contributed by atoms with Crippen LogP contribution in [0, 0.1) is 25.5 Å². The van der Waals surface area contributed by atoms with Gasteiger partial charge >= 0.3 is 7.12 Å². The Labute approximate surface area is 247 Å². The van der Waals surface area contributed by atoms with Gasteiger partial charge in [0.2, 0.25) is 0 Å². The molecule has 2 atom stereocenters. The van der Waals surface area contributed by atoms with Crippen molar-refractivity contribution in [3.8, 4) is 28.3 Å². The van der Waals surface area contributed by atoms with Gasteiger partial charge in [0, 0.05) is 30.3 Å². The van der Waals surface area contributed by atoms with E-state index in [0.29, 0.717) is 16.8 Å². The molecule has 2 aliphatic rings. The number of nitrogens with zero attached hydrogens (tertiary/aromatic N) is 5. The van der Waals surface area contributed by atoms with E-state index in [4.69, 9.17) is 20.9 Å². The van der Waals surface area contributed by atoms with Gasteiger partial charge in [-0.3, -0.25) is 14.3 Å². The number of halogens is 3. The van der Waals surface area contributed by atoms with Gasteiger partial charge in [-0.2, -0.15) is 5.10 Å². The van der Waals surface area contributed by atoms with E-state index in [1.165, 1.54) is 33.9 Å². The molecule has 8 nitrogen and oxygen atoms in total. The molecule has 6 rings (SSSR count). The van der Waals surface area contributed by atoms with Crippen molar-refractivity contribution >= 4 is 18.7 Å². The van der Waals surface area contributed by atoms with E-state index in [0.717, 1.165) is 6.42 Å². The molecule has 42 heavy (non-hydrogen) atoms. The molecule has 1 saturated carbocycles. The molecule has 0 unspecified atom stereocenters. The van der Waals surface area contributed by atoms with Crippen LogP contribution in [0.15, 0.2) is 41.6 Å².